The summed E-state index contributed by atoms with van der Waals surface area (Å²) >= 11 is 0. The van der Waals surface area contributed by atoms with E-state index in [1.807, 2.05) is 0 Å². The van der Waals surface area contributed by atoms with Crippen LogP contribution in [0.5, 0.6) is 0 Å². The number of aromatic nitrogens is 1. The van der Waals surface area contributed by atoms with Gasteiger partial charge in [0.05, 0.1) is 17.4 Å². The lowest BCUT2D eigenvalue weighted by Crippen LogP contribution is -2.17. The highest BCUT2D eigenvalue weighted by molar-refractivity contribution is 5.98. The number of amides is 1. The molecular formula is C14H18N4O. The lowest BCUT2D eigenvalue weighted by atomic mass is 10.0. The smallest absolute Gasteiger partial charge is 0.250 e. The lowest BCUT2D eigenvalue weighted by Gasteiger charge is -2.12. The Balaban J connectivity index is 1.53. The monoisotopic (exact) mass is 258 g/mol. The maximum Gasteiger partial charge on any atom is 0.250 e. The first-order chi connectivity index (χ1) is 9.15. The van der Waals surface area contributed by atoms with E-state index in [2.05, 4.69) is 10.3 Å². The van der Waals surface area contributed by atoms with Crippen molar-refractivity contribution in [1.29, 1.82) is 0 Å². The van der Waals surface area contributed by atoms with Gasteiger partial charge in [0.25, 0.3) is 5.91 Å². The Hall–Kier alpha value is -1.78. The number of hydrogen-bond acceptors (Lipinski definition) is 4. The number of anilines is 2. The predicted molar refractivity (Wildman–Crippen MR) is 72.4 cm³/mol. The first kappa shape index (κ1) is 11.1. The summed E-state index contributed by atoms with van der Waals surface area (Å²) in [6, 6.07) is 2.22. The average molecular weight is 258 g/mol. The van der Waals surface area contributed by atoms with E-state index in [-0.39, 0.29) is 0 Å². The third kappa shape index (κ3) is 1.54. The van der Waals surface area contributed by atoms with Gasteiger partial charge in [-0.15, -0.1) is 0 Å². The van der Waals surface area contributed by atoms with E-state index in [0.29, 0.717) is 17.3 Å². The molecule has 1 heterocycles. The fraction of sp³-hybridized carbons (Fsp3) is 0.571. The van der Waals surface area contributed by atoms with Crippen LogP contribution in [-0.2, 0) is 0 Å². The van der Waals surface area contributed by atoms with Crippen LogP contribution in [0.1, 0.15) is 29.6 Å². The quantitative estimate of drug-likeness (QED) is 0.759. The first-order valence-electron chi connectivity index (χ1n) is 6.97. The van der Waals surface area contributed by atoms with Crippen LogP contribution in [0.2, 0.25) is 0 Å². The molecule has 0 radical (unpaired) electrons. The number of nitrogens with one attached hydrogen (secondary N) is 1. The molecule has 19 heavy (non-hydrogen) atoms. The number of pyridine rings is 1. The van der Waals surface area contributed by atoms with Crippen molar-refractivity contribution >= 4 is 17.4 Å². The lowest BCUT2D eigenvalue weighted by molar-refractivity contribution is 0.100. The molecule has 5 nitrogen and oxygen atoms in total. The Bertz CT molecular complexity index is 542. The normalized spacial score (nSPS) is 38.0. The SMILES string of the molecule is NC(=O)c1cc(NC2C3C4CCC(C4)C23)ncc1N. The van der Waals surface area contributed by atoms with E-state index in [0.717, 1.165) is 29.5 Å². The summed E-state index contributed by atoms with van der Waals surface area (Å²) in [4.78, 5) is 15.5. The van der Waals surface area contributed by atoms with Crippen molar-refractivity contribution in [2.24, 2.45) is 29.4 Å². The number of carbonyl (C=O) groups excluding carboxylic acids is 1. The molecule has 0 spiro atoms. The van der Waals surface area contributed by atoms with Gasteiger partial charge in [0, 0.05) is 6.04 Å². The molecule has 2 bridgehead atoms. The standard InChI is InChI=1S/C14H18N4O/c15-9-5-17-10(4-8(9)14(16)19)18-13-11-6-1-2-7(3-6)12(11)13/h4-7,11-13H,1-3,15H2,(H2,16,19)(H,17,18). The Labute approximate surface area is 111 Å². The molecule has 3 aliphatic carbocycles. The topological polar surface area (TPSA) is 94.0 Å². The number of nitrogen functional groups attached to an aromatic ring is 1. The van der Waals surface area contributed by atoms with Crippen molar-refractivity contribution < 1.29 is 4.79 Å². The van der Waals surface area contributed by atoms with Crippen molar-refractivity contribution in [3.8, 4) is 0 Å². The third-order valence-electron chi connectivity index (χ3n) is 5.25. The van der Waals surface area contributed by atoms with Gasteiger partial charge in [-0.3, -0.25) is 4.79 Å². The Morgan fingerprint density at radius 3 is 2.63 bits per heavy atom. The Kier molecular flexibility index (Phi) is 2.11. The molecule has 0 aliphatic heterocycles. The van der Waals surface area contributed by atoms with Crippen LogP contribution in [-0.4, -0.2) is 16.9 Å². The predicted octanol–water partition coefficient (Wildman–Crippen LogP) is 1.22. The minimum absolute atomic E-state index is 0.342. The number of nitrogens with zero attached hydrogens (tertiary/aromatic N) is 1. The minimum atomic E-state index is -0.501. The van der Waals surface area contributed by atoms with E-state index >= 15 is 0 Å². The van der Waals surface area contributed by atoms with Gasteiger partial charge < -0.3 is 16.8 Å². The summed E-state index contributed by atoms with van der Waals surface area (Å²) < 4.78 is 0. The molecule has 1 aromatic heterocycles. The maximum absolute atomic E-state index is 11.3. The zero-order valence-corrected chi connectivity index (χ0v) is 10.7. The van der Waals surface area contributed by atoms with Crippen LogP contribution in [0, 0.1) is 23.7 Å². The molecule has 100 valence electrons. The number of rotatable bonds is 3. The van der Waals surface area contributed by atoms with Crippen LogP contribution in [0.4, 0.5) is 11.5 Å². The van der Waals surface area contributed by atoms with Crippen molar-refractivity contribution in [3.05, 3.63) is 17.8 Å². The van der Waals surface area contributed by atoms with E-state index in [1.165, 1.54) is 25.5 Å². The molecule has 0 saturated heterocycles. The number of nitrogens with two attached hydrogens (primary N) is 2. The summed E-state index contributed by atoms with van der Waals surface area (Å²) in [6.07, 6.45) is 5.72. The maximum atomic E-state index is 11.3. The second kappa shape index (κ2) is 3.62. The number of fused-ring (bicyclic) bond motifs is 5. The molecule has 1 amide bonds. The van der Waals surface area contributed by atoms with Gasteiger partial charge in [-0.25, -0.2) is 4.98 Å². The molecule has 3 aliphatic rings. The molecular weight excluding hydrogens is 240 g/mol. The second-order valence-corrected chi connectivity index (χ2v) is 6.18. The van der Waals surface area contributed by atoms with Crippen molar-refractivity contribution in [1.82, 2.24) is 4.98 Å². The average Bonchev–Trinajstić information content (AvgIpc) is 2.79. The van der Waals surface area contributed by atoms with E-state index < -0.39 is 5.91 Å². The fourth-order valence-corrected chi connectivity index (χ4v) is 4.45. The van der Waals surface area contributed by atoms with Gasteiger partial charge in [-0.1, -0.05) is 0 Å². The van der Waals surface area contributed by atoms with E-state index in [4.69, 9.17) is 11.5 Å². The van der Waals surface area contributed by atoms with Gasteiger partial charge in [0.1, 0.15) is 5.82 Å². The molecule has 5 N–H and O–H groups in total. The highest BCUT2D eigenvalue weighted by atomic mass is 16.1. The third-order valence-corrected chi connectivity index (χ3v) is 5.25. The van der Waals surface area contributed by atoms with Gasteiger partial charge in [-0.2, -0.15) is 0 Å². The molecule has 3 saturated carbocycles. The van der Waals surface area contributed by atoms with Gasteiger partial charge >= 0.3 is 0 Å². The minimum Gasteiger partial charge on any atom is -0.397 e. The van der Waals surface area contributed by atoms with Gasteiger partial charge in [-0.05, 0) is 49.0 Å². The fourth-order valence-electron chi connectivity index (χ4n) is 4.45. The summed E-state index contributed by atoms with van der Waals surface area (Å²) in [5.41, 5.74) is 11.7. The molecule has 4 atom stereocenters. The molecule has 1 aromatic rings. The van der Waals surface area contributed by atoms with Crippen LogP contribution in [0.25, 0.3) is 0 Å². The molecule has 4 rings (SSSR count). The van der Waals surface area contributed by atoms with E-state index in [1.54, 1.807) is 6.07 Å². The van der Waals surface area contributed by atoms with Crippen molar-refractivity contribution in [2.45, 2.75) is 25.3 Å². The van der Waals surface area contributed by atoms with Gasteiger partial charge in [0.15, 0.2) is 0 Å². The van der Waals surface area contributed by atoms with Crippen molar-refractivity contribution in [3.63, 3.8) is 0 Å². The largest absolute Gasteiger partial charge is 0.397 e. The van der Waals surface area contributed by atoms with E-state index in [9.17, 15) is 4.79 Å². The second-order valence-electron chi connectivity index (χ2n) is 6.18. The summed E-state index contributed by atoms with van der Waals surface area (Å²) in [5, 5.41) is 3.47. The Morgan fingerprint density at radius 1 is 1.32 bits per heavy atom. The molecule has 3 fully saturated rings. The zero-order chi connectivity index (χ0) is 13.1. The molecule has 0 aromatic carbocycles. The van der Waals surface area contributed by atoms with Crippen LogP contribution < -0.4 is 16.8 Å². The number of carbonyl (C=O) groups is 1. The van der Waals surface area contributed by atoms with Crippen molar-refractivity contribution in [2.75, 3.05) is 11.1 Å². The Morgan fingerprint density at radius 2 is 2.00 bits per heavy atom. The highest BCUT2D eigenvalue weighted by Gasteiger charge is 2.65. The molecule has 4 unspecified atom stereocenters. The van der Waals surface area contributed by atoms with Crippen LogP contribution >= 0.6 is 0 Å². The summed E-state index contributed by atoms with van der Waals surface area (Å²) in [7, 11) is 0. The van der Waals surface area contributed by atoms with Crippen LogP contribution in [0.15, 0.2) is 12.3 Å². The van der Waals surface area contributed by atoms with Crippen LogP contribution in [0.3, 0.4) is 0 Å². The zero-order valence-electron chi connectivity index (χ0n) is 10.7. The summed E-state index contributed by atoms with van der Waals surface area (Å²) in [6.45, 7) is 0. The summed E-state index contributed by atoms with van der Waals surface area (Å²) in [5.74, 6) is 3.71. The molecule has 5 heteroatoms. The van der Waals surface area contributed by atoms with Gasteiger partial charge in [0.2, 0.25) is 0 Å². The first-order valence-corrected chi connectivity index (χ1v) is 6.97. The number of hydrogen-bond donors (Lipinski definition) is 3. The highest BCUT2D eigenvalue weighted by Crippen LogP contribution is 2.66. The number of primary amides is 1.